The number of fused-ring (bicyclic) bond motifs is 2. The van der Waals surface area contributed by atoms with Crippen molar-refractivity contribution in [3.05, 3.63) is 65.7 Å². The van der Waals surface area contributed by atoms with E-state index < -0.39 is 0 Å². The summed E-state index contributed by atoms with van der Waals surface area (Å²) in [6.45, 7) is 7.66. The van der Waals surface area contributed by atoms with Crippen LogP contribution in [0.2, 0.25) is 0 Å². The summed E-state index contributed by atoms with van der Waals surface area (Å²) in [5.74, 6) is 6.49. The van der Waals surface area contributed by atoms with Gasteiger partial charge in [0, 0.05) is 29.7 Å². The van der Waals surface area contributed by atoms with Gasteiger partial charge in [0.05, 0.1) is 17.6 Å². The van der Waals surface area contributed by atoms with E-state index in [9.17, 15) is 4.79 Å². The average Bonchev–Trinajstić information content (AvgIpc) is 3.14. The quantitative estimate of drug-likeness (QED) is 0.700. The summed E-state index contributed by atoms with van der Waals surface area (Å²) < 4.78 is 0. The largest absolute Gasteiger partial charge is 0.330 e. The fourth-order valence-electron chi connectivity index (χ4n) is 4.30. The highest BCUT2D eigenvalue weighted by atomic mass is 16.2. The molecule has 1 saturated heterocycles. The van der Waals surface area contributed by atoms with Gasteiger partial charge in [0.15, 0.2) is 0 Å². The number of carbonyl (C=O) groups excluding carboxylic acids is 1. The van der Waals surface area contributed by atoms with Gasteiger partial charge in [-0.15, -0.1) is 0 Å². The van der Waals surface area contributed by atoms with Crippen LogP contribution in [0.25, 0.3) is 0 Å². The Hall–Kier alpha value is -2.86. The zero-order valence-electron chi connectivity index (χ0n) is 16.1. The highest BCUT2D eigenvalue weighted by Crippen LogP contribution is 2.50. The van der Waals surface area contributed by atoms with Crippen molar-refractivity contribution in [2.24, 2.45) is 10.4 Å². The molecule has 0 saturated carbocycles. The Labute approximate surface area is 161 Å². The maximum absolute atomic E-state index is 12.9. The molecule has 0 aliphatic carbocycles. The van der Waals surface area contributed by atoms with Gasteiger partial charge in [-0.3, -0.25) is 9.79 Å². The van der Waals surface area contributed by atoms with Crippen LogP contribution in [-0.2, 0) is 10.2 Å². The van der Waals surface area contributed by atoms with Gasteiger partial charge in [-0.05, 0) is 23.8 Å². The zero-order valence-corrected chi connectivity index (χ0v) is 16.1. The van der Waals surface area contributed by atoms with Gasteiger partial charge < -0.3 is 4.90 Å². The number of hydrogen-bond acceptors (Lipinski definition) is 2. The standard InChI is InChI=1S/C24H24N2O/c1-23(2,3)22-24(19-13-7-8-14-20(19)25-22)16-21(27)26(17-24)15-9-12-18-10-5-4-6-11-18/h4-8,10-11,13-14H,15-17H2,1-3H3/t24-/m1/s1. The zero-order chi connectivity index (χ0) is 19.1. The minimum atomic E-state index is -0.319. The van der Waals surface area contributed by atoms with Crippen LogP contribution in [-0.4, -0.2) is 29.6 Å². The van der Waals surface area contributed by atoms with E-state index in [1.54, 1.807) is 0 Å². The Morgan fingerprint density at radius 2 is 1.78 bits per heavy atom. The topological polar surface area (TPSA) is 32.7 Å². The van der Waals surface area contributed by atoms with Crippen molar-refractivity contribution >= 4 is 17.3 Å². The van der Waals surface area contributed by atoms with Crippen LogP contribution in [0.5, 0.6) is 0 Å². The molecule has 0 aromatic heterocycles. The number of benzene rings is 2. The maximum Gasteiger partial charge on any atom is 0.224 e. The molecule has 0 N–H and O–H groups in total. The molecule has 136 valence electrons. The predicted molar refractivity (Wildman–Crippen MR) is 109 cm³/mol. The molecule has 2 aromatic carbocycles. The molecule has 2 aromatic rings. The summed E-state index contributed by atoms with van der Waals surface area (Å²) in [5, 5.41) is 0. The molecule has 0 unspecified atom stereocenters. The SMILES string of the molecule is CC(C)(C)C1=Nc2ccccc2[C@]12CC(=O)N(CC#Cc1ccccc1)C2. The maximum atomic E-state index is 12.9. The van der Waals surface area contributed by atoms with E-state index in [2.05, 4.69) is 44.7 Å². The fourth-order valence-corrected chi connectivity index (χ4v) is 4.30. The highest BCUT2D eigenvalue weighted by Gasteiger charge is 2.54. The predicted octanol–water partition coefficient (Wildman–Crippen LogP) is 4.34. The Balaban J connectivity index is 1.64. The van der Waals surface area contributed by atoms with Gasteiger partial charge >= 0.3 is 0 Å². The molecule has 2 aliphatic rings. The van der Waals surface area contributed by atoms with Crippen LogP contribution < -0.4 is 0 Å². The second kappa shape index (κ2) is 6.39. The van der Waals surface area contributed by atoms with E-state index in [0.717, 1.165) is 17.0 Å². The van der Waals surface area contributed by atoms with Crippen molar-refractivity contribution in [3.8, 4) is 11.8 Å². The van der Waals surface area contributed by atoms with E-state index in [0.29, 0.717) is 19.5 Å². The van der Waals surface area contributed by atoms with Crippen molar-refractivity contribution in [1.82, 2.24) is 4.90 Å². The van der Waals surface area contributed by atoms with Crippen LogP contribution in [0.3, 0.4) is 0 Å². The number of para-hydroxylation sites is 1. The Morgan fingerprint density at radius 3 is 2.52 bits per heavy atom. The molecule has 2 aliphatic heterocycles. The molecular weight excluding hydrogens is 332 g/mol. The first kappa shape index (κ1) is 17.5. The molecule has 1 fully saturated rings. The number of hydrogen-bond donors (Lipinski definition) is 0. The van der Waals surface area contributed by atoms with Gasteiger partial charge in [0.25, 0.3) is 0 Å². The normalized spacial score (nSPS) is 21.1. The van der Waals surface area contributed by atoms with E-state index in [1.165, 1.54) is 5.56 Å². The third kappa shape index (κ3) is 3.06. The summed E-state index contributed by atoms with van der Waals surface area (Å²) in [6.07, 6.45) is 0.479. The number of rotatable bonds is 1. The first-order valence-corrected chi connectivity index (χ1v) is 9.41. The molecule has 1 atom stereocenters. The third-order valence-corrected chi connectivity index (χ3v) is 5.36. The van der Waals surface area contributed by atoms with E-state index in [4.69, 9.17) is 4.99 Å². The lowest BCUT2D eigenvalue weighted by atomic mass is 9.68. The molecule has 1 spiro atoms. The number of aliphatic imine (C=N–C) groups is 1. The minimum Gasteiger partial charge on any atom is -0.330 e. The first-order chi connectivity index (χ1) is 12.9. The van der Waals surface area contributed by atoms with Crippen molar-refractivity contribution in [2.75, 3.05) is 13.1 Å². The van der Waals surface area contributed by atoms with Gasteiger partial charge in [-0.1, -0.05) is 69.0 Å². The first-order valence-electron chi connectivity index (χ1n) is 9.41. The number of nitrogens with zero attached hydrogens (tertiary/aromatic N) is 2. The van der Waals surface area contributed by atoms with Crippen molar-refractivity contribution in [1.29, 1.82) is 0 Å². The van der Waals surface area contributed by atoms with Crippen molar-refractivity contribution < 1.29 is 4.79 Å². The molecule has 0 radical (unpaired) electrons. The average molecular weight is 356 g/mol. The van der Waals surface area contributed by atoms with Gasteiger partial charge in [-0.25, -0.2) is 0 Å². The summed E-state index contributed by atoms with van der Waals surface area (Å²) in [5.41, 5.74) is 3.87. The van der Waals surface area contributed by atoms with Crippen LogP contribution in [0.15, 0.2) is 59.6 Å². The fraction of sp³-hybridized carbons (Fsp3) is 0.333. The Kier molecular flexibility index (Phi) is 4.15. The lowest BCUT2D eigenvalue weighted by Crippen LogP contribution is -2.43. The van der Waals surface area contributed by atoms with Crippen LogP contribution in [0.1, 0.15) is 38.3 Å². The Morgan fingerprint density at radius 1 is 1.07 bits per heavy atom. The molecule has 27 heavy (non-hydrogen) atoms. The molecule has 4 rings (SSSR count). The van der Waals surface area contributed by atoms with Crippen LogP contribution >= 0.6 is 0 Å². The Bertz CT molecular complexity index is 973. The molecule has 0 bridgehead atoms. The molecule has 3 heteroatoms. The van der Waals surface area contributed by atoms with E-state index in [1.807, 2.05) is 47.4 Å². The van der Waals surface area contributed by atoms with Crippen LogP contribution in [0.4, 0.5) is 5.69 Å². The summed E-state index contributed by atoms with van der Waals surface area (Å²) in [6, 6.07) is 18.1. The molecule has 1 amide bonds. The number of amides is 1. The van der Waals surface area contributed by atoms with E-state index >= 15 is 0 Å². The van der Waals surface area contributed by atoms with Crippen LogP contribution in [0, 0.1) is 17.3 Å². The van der Waals surface area contributed by atoms with Gasteiger partial charge in [-0.2, -0.15) is 0 Å². The molecular formula is C24H24N2O. The summed E-state index contributed by atoms with van der Waals surface area (Å²) in [7, 11) is 0. The second-order valence-electron chi connectivity index (χ2n) is 8.40. The summed E-state index contributed by atoms with van der Waals surface area (Å²) in [4.78, 5) is 19.7. The lowest BCUT2D eigenvalue weighted by Gasteiger charge is -2.33. The van der Waals surface area contributed by atoms with Crippen molar-refractivity contribution in [3.63, 3.8) is 0 Å². The van der Waals surface area contributed by atoms with Gasteiger partial charge in [0.2, 0.25) is 5.91 Å². The third-order valence-electron chi connectivity index (χ3n) is 5.36. The highest BCUT2D eigenvalue weighted by molar-refractivity contribution is 6.09. The number of carbonyl (C=O) groups is 1. The number of likely N-dealkylation sites (tertiary alicyclic amines) is 1. The smallest absolute Gasteiger partial charge is 0.224 e. The molecule has 3 nitrogen and oxygen atoms in total. The summed E-state index contributed by atoms with van der Waals surface area (Å²) >= 11 is 0. The molecule has 2 heterocycles. The van der Waals surface area contributed by atoms with Crippen molar-refractivity contribution in [2.45, 2.75) is 32.6 Å². The van der Waals surface area contributed by atoms with E-state index in [-0.39, 0.29) is 16.7 Å². The van der Waals surface area contributed by atoms with Gasteiger partial charge in [0.1, 0.15) is 0 Å². The minimum absolute atomic E-state index is 0.0922. The lowest BCUT2D eigenvalue weighted by molar-refractivity contribution is -0.127. The second-order valence-corrected chi connectivity index (χ2v) is 8.40. The monoisotopic (exact) mass is 356 g/mol.